The highest BCUT2D eigenvalue weighted by Gasteiger charge is 2.09. The molecule has 15 heavy (non-hydrogen) atoms. The number of hydrogen-bond acceptors (Lipinski definition) is 2. The smallest absolute Gasteiger partial charge is 0.109 e. The minimum atomic E-state index is -0.361. The fourth-order valence-corrected chi connectivity index (χ4v) is 1.58. The van der Waals surface area contributed by atoms with Crippen molar-refractivity contribution in [3.8, 4) is 0 Å². The van der Waals surface area contributed by atoms with E-state index in [2.05, 4.69) is 24.3 Å². The first kappa shape index (κ1) is 12.2. The molecule has 0 fully saturated rings. The lowest BCUT2D eigenvalue weighted by molar-refractivity contribution is 0.426. The lowest BCUT2D eigenvalue weighted by Gasteiger charge is -2.14. The number of rotatable bonds is 7. The highest BCUT2D eigenvalue weighted by atomic mass is 19.1. The van der Waals surface area contributed by atoms with Crippen LogP contribution in [0.1, 0.15) is 38.3 Å². The van der Waals surface area contributed by atoms with Crippen molar-refractivity contribution in [2.45, 2.75) is 39.3 Å². The summed E-state index contributed by atoms with van der Waals surface area (Å²) in [7, 11) is 0. The largest absolute Gasteiger partial charge is 0.310 e. The summed E-state index contributed by atoms with van der Waals surface area (Å²) in [6.45, 7) is 5.28. The van der Waals surface area contributed by atoms with Crippen LogP contribution in [0.3, 0.4) is 0 Å². The third-order valence-corrected chi connectivity index (χ3v) is 2.42. The van der Waals surface area contributed by atoms with Crippen LogP contribution in [0.4, 0.5) is 4.39 Å². The molecule has 1 unspecified atom stereocenters. The van der Waals surface area contributed by atoms with Crippen molar-refractivity contribution >= 4 is 0 Å². The van der Waals surface area contributed by atoms with Crippen LogP contribution in [-0.4, -0.2) is 23.0 Å². The normalized spacial score (nSPS) is 13.0. The predicted octanol–water partition coefficient (Wildman–Crippen LogP) is 2.30. The molecule has 0 aromatic carbocycles. The molecule has 1 atom stereocenters. The molecule has 0 aliphatic heterocycles. The molecule has 0 bridgehead atoms. The van der Waals surface area contributed by atoms with Crippen LogP contribution < -0.4 is 5.32 Å². The SMILES string of the molecule is CCCNC(CC)c1cnn(CCF)c1. The Hall–Kier alpha value is -0.900. The maximum atomic E-state index is 12.1. The third kappa shape index (κ3) is 3.63. The molecule has 0 saturated carbocycles. The Morgan fingerprint density at radius 2 is 2.33 bits per heavy atom. The maximum Gasteiger partial charge on any atom is 0.109 e. The quantitative estimate of drug-likeness (QED) is 0.753. The van der Waals surface area contributed by atoms with Gasteiger partial charge in [0.2, 0.25) is 0 Å². The number of nitrogens with zero attached hydrogens (tertiary/aromatic N) is 2. The first-order valence-electron chi connectivity index (χ1n) is 5.63. The molecule has 4 heteroatoms. The molecule has 3 nitrogen and oxygen atoms in total. The van der Waals surface area contributed by atoms with Crippen molar-refractivity contribution in [1.82, 2.24) is 15.1 Å². The van der Waals surface area contributed by atoms with Gasteiger partial charge in [-0.2, -0.15) is 5.10 Å². The molecule has 1 heterocycles. The molecular formula is C11H20FN3. The van der Waals surface area contributed by atoms with E-state index >= 15 is 0 Å². The number of aromatic nitrogens is 2. The molecule has 1 N–H and O–H groups in total. The van der Waals surface area contributed by atoms with E-state index in [1.165, 1.54) is 0 Å². The second-order valence-corrected chi connectivity index (χ2v) is 3.64. The van der Waals surface area contributed by atoms with Crippen LogP contribution in [0.15, 0.2) is 12.4 Å². The Kier molecular flexibility index (Phi) is 5.32. The predicted molar refractivity (Wildman–Crippen MR) is 59.5 cm³/mol. The van der Waals surface area contributed by atoms with Crippen LogP contribution in [-0.2, 0) is 6.54 Å². The van der Waals surface area contributed by atoms with Gasteiger partial charge in [-0.05, 0) is 19.4 Å². The Morgan fingerprint density at radius 3 is 2.93 bits per heavy atom. The van der Waals surface area contributed by atoms with Gasteiger partial charge in [0.25, 0.3) is 0 Å². The van der Waals surface area contributed by atoms with E-state index in [1.54, 1.807) is 4.68 Å². The second kappa shape index (κ2) is 6.56. The van der Waals surface area contributed by atoms with E-state index in [0.29, 0.717) is 12.6 Å². The number of halogens is 1. The molecule has 0 aliphatic rings. The zero-order chi connectivity index (χ0) is 11.1. The first-order valence-corrected chi connectivity index (χ1v) is 5.63. The minimum Gasteiger partial charge on any atom is -0.310 e. The van der Waals surface area contributed by atoms with Gasteiger partial charge >= 0.3 is 0 Å². The number of hydrogen-bond donors (Lipinski definition) is 1. The van der Waals surface area contributed by atoms with Crippen molar-refractivity contribution in [2.75, 3.05) is 13.2 Å². The zero-order valence-electron chi connectivity index (χ0n) is 9.54. The summed E-state index contributed by atoms with van der Waals surface area (Å²) in [5.41, 5.74) is 1.15. The van der Waals surface area contributed by atoms with Crippen molar-refractivity contribution in [3.63, 3.8) is 0 Å². The molecule has 0 amide bonds. The Bertz CT molecular complexity index is 273. The van der Waals surface area contributed by atoms with Gasteiger partial charge in [0.15, 0.2) is 0 Å². The average molecular weight is 213 g/mol. The molecule has 86 valence electrons. The van der Waals surface area contributed by atoms with Crippen molar-refractivity contribution in [2.24, 2.45) is 0 Å². The Labute approximate surface area is 90.7 Å². The van der Waals surface area contributed by atoms with Gasteiger partial charge in [0.1, 0.15) is 6.67 Å². The van der Waals surface area contributed by atoms with E-state index < -0.39 is 0 Å². The van der Waals surface area contributed by atoms with E-state index in [1.807, 2.05) is 12.4 Å². The molecule has 1 aromatic rings. The van der Waals surface area contributed by atoms with Crippen LogP contribution in [0.25, 0.3) is 0 Å². The number of alkyl halides is 1. The molecule has 0 aliphatic carbocycles. The standard InChI is InChI=1S/C11H20FN3/c1-3-6-13-11(4-2)10-8-14-15(9-10)7-5-12/h8-9,11,13H,3-7H2,1-2H3. The van der Waals surface area contributed by atoms with Gasteiger partial charge in [-0.3, -0.25) is 4.68 Å². The lowest BCUT2D eigenvalue weighted by Crippen LogP contribution is -2.21. The molecule has 1 aromatic heterocycles. The highest BCUT2D eigenvalue weighted by Crippen LogP contribution is 2.15. The van der Waals surface area contributed by atoms with Crippen molar-refractivity contribution in [1.29, 1.82) is 0 Å². The van der Waals surface area contributed by atoms with E-state index in [9.17, 15) is 4.39 Å². The summed E-state index contributed by atoms with van der Waals surface area (Å²) < 4.78 is 13.8. The Morgan fingerprint density at radius 1 is 1.53 bits per heavy atom. The van der Waals surface area contributed by atoms with Crippen LogP contribution in [0.5, 0.6) is 0 Å². The average Bonchev–Trinajstić information content (AvgIpc) is 2.68. The van der Waals surface area contributed by atoms with Crippen molar-refractivity contribution < 1.29 is 4.39 Å². The maximum absolute atomic E-state index is 12.1. The molecule has 1 rings (SSSR count). The van der Waals surface area contributed by atoms with Gasteiger partial charge in [-0.1, -0.05) is 13.8 Å². The fourth-order valence-electron chi connectivity index (χ4n) is 1.58. The summed E-state index contributed by atoms with van der Waals surface area (Å²) in [5, 5.41) is 7.56. The monoisotopic (exact) mass is 213 g/mol. The van der Waals surface area contributed by atoms with Gasteiger partial charge in [0, 0.05) is 17.8 Å². The summed E-state index contributed by atoms with van der Waals surface area (Å²) in [5.74, 6) is 0. The summed E-state index contributed by atoms with van der Waals surface area (Å²) >= 11 is 0. The summed E-state index contributed by atoms with van der Waals surface area (Å²) in [4.78, 5) is 0. The first-order chi connectivity index (χ1) is 7.31. The minimum absolute atomic E-state index is 0.346. The second-order valence-electron chi connectivity index (χ2n) is 3.64. The van der Waals surface area contributed by atoms with Gasteiger partial charge < -0.3 is 5.32 Å². The van der Waals surface area contributed by atoms with Crippen LogP contribution in [0, 0.1) is 0 Å². The third-order valence-electron chi connectivity index (χ3n) is 2.42. The summed E-state index contributed by atoms with van der Waals surface area (Å²) in [6, 6.07) is 0.346. The van der Waals surface area contributed by atoms with Crippen LogP contribution >= 0.6 is 0 Å². The van der Waals surface area contributed by atoms with Gasteiger partial charge in [-0.25, -0.2) is 4.39 Å². The highest BCUT2D eigenvalue weighted by molar-refractivity contribution is 5.10. The van der Waals surface area contributed by atoms with Crippen molar-refractivity contribution in [3.05, 3.63) is 18.0 Å². The number of nitrogens with one attached hydrogen (secondary N) is 1. The van der Waals surface area contributed by atoms with Crippen LogP contribution in [0.2, 0.25) is 0 Å². The van der Waals surface area contributed by atoms with E-state index in [-0.39, 0.29) is 6.67 Å². The van der Waals surface area contributed by atoms with Gasteiger partial charge in [-0.15, -0.1) is 0 Å². The lowest BCUT2D eigenvalue weighted by atomic mass is 10.1. The zero-order valence-corrected chi connectivity index (χ0v) is 9.54. The van der Waals surface area contributed by atoms with E-state index in [4.69, 9.17) is 0 Å². The molecule has 0 radical (unpaired) electrons. The summed E-state index contributed by atoms with van der Waals surface area (Å²) in [6.07, 6.45) is 5.90. The van der Waals surface area contributed by atoms with E-state index in [0.717, 1.165) is 24.9 Å². The fraction of sp³-hybridized carbons (Fsp3) is 0.727. The van der Waals surface area contributed by atoms with Gasteiger partial charge in [0.05, 0.1) is 12.7 Å². The topological polar surface area (TPSA) is 29.9 Å². The molecule has 0 saturated heterocycles. The Balaban J connectivity index is 2.57. The molecule has 0 spiro atoms. The molecular weight excluding hydrogens is 193 g/mol. The number of aryl methyl sites for hydroxylation is 1.